The van der Waals surface area contributed by atoms with Crippen molar-refractivity contribution in [1.82, 2.24) is 0 Å². The maximum absolute atomic E-state index is 12.4. The van der Waals surface area contributed by atoms with E-state index in [1.807, 2.05) is 6.07 Å². The molecule has 0 spiro atoms. The third-order valence-electron chi connectivity index (χ3n) is 3.38. The number of benzene rings is 2. The van der Waals surface area contributed by atoms with Crippen molar-refractivity contribution in [2.75, 3.05) is 19.0 Å². The van der Waals surface area contributed by atoms with Crippen LogP contribution in [0, 0.1) is 11.3 Å². The van der Waals surface area contributed by atoms with Gasteiger partial charge in [-0.15, -0.1) is 0 Å². The number of halogens is 1. The highest BCUT2D eigenvalue weighted by molar-refractivity contribution is 9.10. The lowest BCUT2D eigenvalue weighted by Gasteiger charge is -2.10. The van der Waals surface area contributed by atoms with Crippen LogP contribution in [-0.2, 0) is 4.79 Å². The van der Waals surface area contributed by atoms with Crippen LogP contribution < -0.4 is 14.8 Å². The minimum Gasteiger partial charge on any atom is -0.503 e. The molecule has 2 aromatic rings. The summed E-state index contributed by atoms with van der Waals surface area (Å²) in [6, 6.07) is 11.9. The summed E-state index contributed by atoms with van der Waals surface area (Å²) in [4.78, 5) is 12.4. The van der Waals surface area contributed by atoms with Crippen molar-refractivity contribution in [2.24, 2.45) is 0 Å². The molecule has 26 heavy (non-hydrogen) atoms. The Hall–Kier alpha value is -2.98. The maximum atomic E-state index is 12.4. The molecule has 0 saturated carbocycles. The molecule has 2 rings (SSSR count). The number of nitrogens with one attached hydrogen (secondary N) is 1. The standard InChI is InChI=1S/C19H17BrN2O4/c1-3-26-17-10-12(9-14(20)18(17)23)8-13(11-21)19(24)22-15-6-4-5-7-16(15)25-2/h4-10,23H,3H2,1-2H3,(H,22,24)/b13-8+. The smallest absolute Gasteiger partial charge is 0.266 e. The van der Waals surface area contributed by atoms with E-state index in [1.54, 1.807) is 43.3 Å². The molecule has 0 aliphatic rings. The molecule has 2 N–H and O–H groups in total. The lowest BCUT2D eigenvalue weighted by atomic mass is 10.1. The first-order chi connectivity index (χ1) is 12.5. The predicted octanol–water partition coefficient (Wildman–Crippen LogP) is 4.11. The molecule has 6 nitrogen and oxygen atoms in total. The molecule has 0 aromatic heterocycles. The van der Waals surface area contributed by atoms with Gasteiger partial charge in [-0.2, -0.15) is 5.26 Å². The number of carbonyl (C=O) groups is 1. The largest absolute Gasteiger partial charge is 0.503 e. The Morgan fingerprint density at radius 3 is 2.73 bits per heavy atom. The van der Waals surface area contributed by atoms with Gasteiger partial charge in [0, 0.05) is 0 Å². The van der Waals surface area contributed by atoms with E-state index in [2.05, 4.69) is 21.2 Å². The van der Waals surface area contributed by atoms with Crippen LogP contribution in [0.2, 0.25) is 0 Å². The number of nitrogens with zero attached hydrogens (tertiary/aromatic N) is 1. The van der Waals surface area contributed by atoms with Crippen molar-refractivity contribution in [3.8, 4) is 23.3 Å². The summed E-state index contributed by atoms with van der Waals surface area (Å²) in [6.45, 7) is 2.16. The van der Waals surface area contributed by atoms with Gasteiger partial charge in [-0.05, 0) is 58.8 Å². The number of para-hydroxylation sites is 2. The highest BCUT2D eigenvalue weighted by Gasteiger charge is 2.14. The number of nitriles is 1. The van der Waals surface area contributed by atoms with Crippen molar-refractivity contribution in [3.05, 3.63) is 52.0 Å². The first kappa shape index (κ1) is 19.3. The van der Waals surface area contributed by atoms with E-state index in [0.717, 1.165) is 0 Å². The topological polar surface area (TPSA) is 91.6 Å². The van der Waals surface area contributed by atoms with Crippen LogP contribution in [0.4, 0.5) is 5.69 Å². The highest BCUT2D eigenvalue weighted by atomic mass is 79.9. The molecule has 0 fully saturated rings. The van der Waals surface area contributed by atoms with Gasteiger partial charge in [-0.25, -0.2) is 0 Å². The molecule has 0 bridgehead atoms. The number of aromatic hydroxyl groups is 1. The second-order valence-corrected chi connectivity index (χ2v) is 5.96. The Balaban J connectivity index is 2.33. The number of phenolic OH excluding ortho intramolecular Hbond substituents is 1. The fraction of sp³-hybridized carbons (Fsp3) is 0.158. The Morgan fingerprint density at radius 2 is 2.08 bits per heavy atom. The molecule has 2 aromatic carbocycles. The minimum atomic E-state index is -0.570. The first-order valence-corrected chi connectivity index (χ1v) is 8.50. The Kier molecular flexibility index (Phi) is 6.64. The van der Waals surface area contributed by atoms with Crippen LogP contribution in [0.5, 0.6) is 17.2 Å². The molecule has 134 valence electrons. The second-order valence-electron chi connectivity index (χ2n) is 5.11. The van der Waals surface area contributed by atoms with Crippen LogP contribution in [0.15, 0.2) is 46.4 Å². The van der Waals surface area contributed by atoms with Gasteiger partial charge in [0.2, 0.25) is 0 Å². The first-order valence-electron chi connectivity index (χ1n) is 7.71. The summed E-state index contributed by atoms with van der Waals surface area (Å²) in [5, 5.41) is 22.0. The zero-order valence-corrected chi connectivity index (χ0v) is 15.8. The zero-order valence-electron chi connectivity index (χ0n) is 14.2. The SMILES string of the molecule is CCOc1cc(/C=C(\C#N)C(=O)Nc2ccccc2OC)cc(Br)c1O. The Morgan fingerprint density at radius 1 is 1.35 bits per heavy atom. The molecule has 1 amide bonds. The van der Waals surface area contributed by atoms with Crippen molar-refractivity contribution >= 4 is 33.6 Å². The molecule has 0 aliphatic carbocycles. The summed E-state index contributed by atoms with van der Waals surface area (Å²) in [5.41, 5.74) is 0.892. The molecule has 0 saturated heterocycles. The zero-order chi connectivity index (χ0) is 19.1. The highest BCUT2D eigenvalue weighted by Crippen LogP contribution is 2.36. The summed E-state index contributed by atoms with van der Waals surface area (Å²) >= 11 is 3.23. The van der Waals surface area contributed by atoms with Gasteiger partial charge < -0.3 is 19.9 Å². The molecule has 0 radical (unpaired) electrons. The van der Waals surface area contributed by atoms with E-state index >= 15 is 0 Å². The summed E-state index contributed by atoms with van der Waals surface area (Å²) in [7, 11) is 1.50. The van der Waals surface area contributed by atoms with E-state index in [1.165, 1.54) is 13.2 Å². The van der Waals surface area contributed by atoms with E-state index in [4.69, 9.17) is 9.47 Å². The summed E-state index contributed by atoms with van der Waals surface area (Å²) in [5.74, 6) is 0.139. The quantitative estimate of drug-likeness (QED) is 0.545. The Bertz CT molecular complexity index is 888. The molecular formula is C19H17BrN2O4. The number of amides is 1. The van der Waals surface area contributed by atoms with Gasteiger partial charge in [0.1, 0.15) is 17.4 Å². The number of rotatable bonds is 6. The predicted molar refractivity (Wildman–Crippen MR) is 102 cm³/mol. The van der Waals surface area contributed by atoms with Gasteiger partial charge in [0.15, 0.2) is 11.5 Å². The number of phenols is 1. The van der Waals surface area contributed by atoms with Gasteiger partial charge in [0.25, 0.3) is 5.91 Å². The van der Waals surface area contributed by atoms with Gasteiger partial charge in [-0.1, -0.05) is 12.1 Å². The van der Waals surface area contributed by atoms with Crippen LogP contribution in [0.3, 0.4) is 0 Å². The molecule has 0 heterocycles. The van der Waals surface area contributed by atoms with Crippen LogP contribution in [0.25, 0.3) is 6.08 Å². The normalized spacial score (nSPS) is 10.8. The number of hydrogen-bond donors (Lipinski definition) is 2. The number of methoxy groups -OCH3 is 1. The number of hydrogen-bond acceptors (Lipinski definition) is 5. The molecular weight excluding hydrogens is 400 g/mol. The van der Waals surface area contributed by atoms with Crippen molar-refractivity contribution in [3.63, 3.8) is 0 Å². The Labute approximate surface area is 159 Å². The summed E-state index contributed by atoms with van der Waals surface area (Å²) < 4.78 is 10.9. The van der Waals surface area contributed by atoms with Crippen molar-refractivity contribution in [2.45, 2.75) is 6.92 Å². The number of carbonyl (C=O) groups excluding carboxylic acids is 1. The third-order valence-corrected chi connectivity index (χ3v) is 3.99. The fourth-order valence-corrected chi connectivity index (χ4v) is 2.66. The number of ether oxygens (including phenoxy) is 2. The fourth-order valence-electron chi connectivity index (χ4n) is 2.20. The van der Waals surface area contributed by atoms with Gasteiger partial charge >= 0.3 is 0 Å². The average Bonchev–Trinajstić information content (AvgIpc) is 2.64. The van der Waals surface area contributed by atoms with E-state index < -0.39 is 5.91 Å². The van der Waals surface area contributed by atoms with Crippen LogP contribution >= 0.6 is 15.9 Å². The van der Waals surface area contributed by atoms with E-state index in [9.17, 15) is 15.2 Å². The minimum absolute atomic E-state index is 0.0408. The molecule has 0 atom stereocenters. The second kappa shape index (κ2) is 8.92. The average molecular weight is 417 g/mol. The van der Waals surface area contributed by atoms with Crippen molar-refractivity contribution in [1.29, 1.82) is 5.26 Å². The lowest BCUT2D eigenvalue weighted by Crippen LogP contribution is -2.14. The van der Waals surface area contributed by atoms with Gasteiger partial charge in [-0.3, -0.25) is 4.79 Å². The lowest BCUT2D eigenvalue weighted by molar-refractivity contribution is -0.112. The van der Waals surface area contributed by atoms with Crippen molar-refractivity contribution < 1.29 is 19.4 Å². The summed E-state index contributed by atoms with van der Waals surface area (Å²) in [6.07, 6.45) is 1.41. The molecule has 7 heteroatoms. The molecule has 0 unspecified atom stereocenters. The monoisotopic (exact) mass is 416 g/mol. The maximum Gasteiger partial charge on any atom is 0.266 e. The number of anilines is 1. The molecule has 0 aliphatic heterocycles. The van der Waals surface area contributed by atoms with E-state index in [0.29, 0.717) is 28.1 Å². The third kappa shape index (κ3) is 4.55. The van der Waals surface area contributed by atoms with Crippen LogP contribution in [0.1, 0.15) is 12.5 Å². The van der Waals surface area contributed by atoms with Gasteiger partial charge in [0.05, 0.1) is 23.9 Å². The van der Waals surface area contributed by atoms with E-state index in [-0.39, 0.29) is 17.1 Å². The van der Waals surface area contributed by atoms with Crippen LogP contribution in [-0.4, -0.2) is 24.7 Å².